The van der Waals surface area contributed by atoms with Crippen LogP contribution in [0.5, 0.6) is 0 Å². The Morgan fingerprint density at radius 3 is 1.14 bits per heavy atom. The van der Waals surface area contributed by atoms with E-state index < -0.39 is 12.1 Å². The molecule has 1 heterocycles. The Kier molecular flexibility index (Phi) is 7.00. The van der Waals surface area contributed by atoms with Crippen LogP contribution in [-0.2, 0) is 30.7 Å². The molecule has 5 aromatic rings. The van der Waals surface area contributed by atoms with Gasteiger partial charge in [0.05, 0.1) is 5.40 Å². The summed E-state index contributed by atoms with van der Waals surface area (Å²) in [6.45, 7) is 0. The summed E-state index contributed by atoms with van der Waals surface area (Å²) in [5.74, 6) is 0.956. The molecule has 1 aromatic heterocycles. The third-order valence-electron chi connectivity index (χ3n) is 6.34. The highest BCUT2D eigenvalue weighted by Crippen LogP contribution is 2.74. The molecule has 0 radical (unpaired) electrons. The average molecular weight is 529 g/mol. The van der Waals surface area contributed by atoms with Crippen LogP contribution in [0.3, 0.4) is 0 Å². The fourth-order valence-corrected chi connectivity index (χ4v) is 18.5. The van der Waals surface area contributed by atoms with E-state index in [0.29, 0.717) is 0 Å². The lowest BCUT2D eigenvalue weighted by molar-refractivity contribution is 0.840. The first-order chi connectivity index (χ1) is 17.1. The van der Waals surface area contributed by atoms with Crippen LogP contribution >= 0.6 is 12.1 Å². The third kappa shape index (κ3) is 4.30. The molecular weight excluding hydrogens is 502 g/mol. The first-order valence-electron chi connectivity index (χ1n) is 11.5. The molecule has 0 aliphatic heterocycles. The molecule has 0 amide bonds. The number of imidazole rings is 1. The largest absolute Gasteiger partial charge is 0.337 e. The van der Waals surface area contributed by atoms with Crippen LogP contribution in [0.25, 0.3) is 0 Å². The number of nitrogens with zero attached hydrogens (tertiary/aromatic N) is 2. The number of benzene rings is 4. The SMILES string of the molecule is Cn1ccnc1C(P(=S)(c1ccccc1)c1ccccc1)P(=S)(c1ccccc1)c1ccccc1. The molecule has 0 aliphatic carbocycles. The lowest BCUT2D eigenvalue weighted by Crippen LogP contribution is -2.29. The second kappa shape index (κ2) is 10.2. The van der Waals surface area contributed by atoms with Gasteiger partial charge in [-0.3, -0.25) is 0 Å². The third-order valence-corrected chi connectivity index (χ3v) is 19.2. The Labute approximate surface area is 217 Å². The molecule has 0 N–H and O–H groups in total. The monoisotopic (exact) mass is 528 g/mol. The minimum Gasteiger partial charge on any atom is -0.337 e. The first kappa shape index (κ1) is 24.1. The van der Waals surface area contributed by atoms with Gasteiger partial charge in [-0.2, -0.15) is 0 Å². The van der Waals surface area contributed by atoms with Crippen LogP contribution in [-0.4, -0.2) is 9.55 Å². The molecule has 0 saturated carbocycles. The lowest BCUT2D eigenvalue weighted by atomic mass is 10.4. The van der Waals surface area contributed by atoms with Crippen molar-refractivity contribution in [1.82, 2.24) is 9.55 Å². The van der Waals surface area contributed by atoms with Crippen LogP contribution in [0.4, 0.5) is 0 Å². The van der Waals surface area contributed by atoms with E-state index in [4.69, 9.17) is 28.6 Å². The van der Waals surface area contributed by atoms with Gasteiger partial charge in [-0.1, -0.05) is 145 Å². The summed E-state index contributed by atoms with van der Waals surface area (Å²) in [7, 11) is 2.06. The van der Waals surface area contributed by atoms with E-state index in [1.165, 1.54) is 0 Å². The van der Waals surface area contributed by atoms with E-state index in [9.17, 15) is 0 Å². The summed E-state index contributed by atoms with van der Waals surface area (Å²) in [4.78, 5) is 4.94. The number of aromatic nitrogens is 2. The molecule has 0 bridgehead atoms. The van der Waals surface area contributed by atoms with Crippen molar-refractivity contribution in [3.8, 4) is 0 Å². The van der Waals surface area contributed by atoms with E-state index in [1.807, 2.05) is 12.4 Å². The second-order valence-electron chi connectivity index (χ2n) is 8.43. The molecule has 0 spiro atoms. The zero-order valence-corrected chi connectivity index (χ0v) is 22.8. The molecule has 6 heteroatoms. The minimum atomic E-state index is -2.51. The smallest absolute Gasteiger partial charge is 0.123 e. The molecule has 174 valence electrons. The molecule has 5 rings (SSSR count). The molecular formula is C29H26N2P2S2. The topological polar surface area (TPSA) is 17.8 Å². The summed E-state index contributed by atoms with van der Waals surface area (Å²) in [6.07, 6.45) is 3.88. The Morgan fingerprint density at radius 2 is 0.886 bits per heavy atom. The van der Waals surface area contributed by atoms with Gasteiger partial charge in [0, 0.05) is 31.5 Å². The molecule has 35 heavy (non-hydrogen) atoms. The van der Waals surface area contributed by atoms with Gasteiger partial charge in [-0.15, -0.1) is 0 Å². The van der Waals surface area contributed by atoms with Gasteiger partial charge in [0.15, 0.2) is 0 Å². The summed E-state index contributed by atoms with van der Waals surface area (Å²) >= 11 is 13.9. The molecule has 4 aromatic carbocycles. The van der Waals surface area contributed by atoms with E-state index in [2.05, 4.69) is 133 Å². The van der Waals surface area contributed by atoms with Crippen LogP contribution in [0.2, 0.25) is 0 Å². The fraction of sp³-hybridized carbons (Fsp3) is 0.0690. The van der Waals surface area contributed by atoms with Crippen LogP contribution in [0.15, 0.2) is 134 Å². The van der Waals surface area contributed by atoms with E-state index in [-0.39, 0.29) is 5.40 Å². The Morgan fingerprint density at radius 1 is 0.571 bits per heavy atom. The molecule has 2 nitrogen and oxygen atoms in total. The Hall–Kier alpha value is -2.61. The summed E-state index contributed by atoms with van der Waals surface area (Å²) in [6, 6.07) is 37.3. The summed E-state index contributed by atoms with van der Waals surface area (Å²) in [5, 5.41) is 4.49. The lowest BCUT2D eigenvalue weighted by Gasteiger charge is -2.40. The predicted octanol–water partition coefficient (Wildman–Crippen LogP) is 5.68. The van der Waals surface area contributed by atoms with Crippen molar-refractivity contribution in [2.45, 2.75) is 5.40 Å². The van der Waals surface area contributed by atoms with Gasteiger partial charge in [-0.25, -0.2) is 4.98 Å². The number of hydrogen-bond donors (Lipinski definition) is 0. The maximum Gasteiger partial charge on any atom is 0.123 e. The van der Waals surface area contributed by atoms with E-state index in [0.717, 1.165) is 27.0 Å². The Bertz CT molecular complexity index is 1320. The van der Waals surface area contributed by atoms with Gasteiger partial charge in [0.1, 0.15) is 5.82 Å². The highest BCUT2D eigenvalue weighted by molar-refractivity contribution is 8.32. The van der Waals surface area contributed by atoms with Crippen molar-refractivity contribution in [1.29, 1.82) is 0 Å². The van der Waals surface area contributed by atoms with E-state index >= 15 is 0 Å². The normalized spacial score (nSPS) is 12.1. The number of rotatable bonds is 7. The van der Waals surface area contributed by atoms with Gasteiger partial charge in [0.2, 0.25) is 0 Å². The fourth-order valence-electron chi connectivity index (χ4n) is 4.64. The molecule has 0 aliphatic rings. The highest BCUT2D eigenvalue weighted by atomic mass is 32.5. The maximum absolute atomic E-state index is 6.93. The van der Waals surface area contributed by atoms with Crippen molar-refractivity contribution < 1.29 is 0 Å². The summed E-state index contributed by atoms with van der Waals surface area (Å²) < 4.78 is 2.12. The van der Waals surface area contributed by atoms with Crippen LogP contribution in [0, 0.1) is 0 Å². The van der Waals surface area contributed by atoms with Crippen LogP contribution in [0.1, 0.15) is 11.2 Å². The number of aryl methyl sites for hydroxylation is 1. The van der Waals surface area contributed by atoms with Gasteiger partial charge >= 0.3 is 0 Å². The molecule has 0 atom stereocenters. The first-order valence-corrected chi connectivity index (χ1v) is 17.2. The Balaban J connectivity index is 1.93. The van der Waals surface area contributed by atoms with Crippen molar-refractivity contribution in [3.63, 3.8) is 0 Å². The molecule has 0 saturated heterocycles. The second-order valence-corrected chi connectivity index (χ2v) is 18.0. The van der Waals surface area contributed by atoms with Crippen molar-refractivity contribution >= 4 is 56.9 Å². The van der Waals surface area contributed by atoms with Gasteiger partial charge in [0.25, 0.3) is 0 Å². The zero-order valence-electron chi connectivity index (χ0n) is 19.4. The van der Waals surface area contributed by atoms with Gasteiger partial charge < -0.3 is 4.57 Å². The minimum absolute atomic E-state index is 0.158. The standard InChI is InChI=1S/C29H26N2P2S2/c1-31-23-22-30-28(31)29(32(34,24-14-6-2-7-15-24)25-16-8-3-9-17-25)33(35,26-18-10-4-11-19-26)27-20-12-5-13-21-27/h2-23,29H,1H3. The maximum atomic E-state index is 6.93. The number of hydrogen-bond acceptors (Lipinski definition) is 3. The quantitative estimate of drug-likeness (QED) is 0.253. The van der Waals surface area contributed by atoms with Crippen molar-refractivity contribution in [3.05, 3.63) is 140 Å². The van der Waals surface area contributed by atoms with E-state index in [1.54, 1.807) is 0 Å². The van der Waals surface area contributed by atoms with Crippen molar-refractivity contribution in [2.75, 3.05) is 0 Å². The van der Waals surface area contributed by atoms with Crippen LogP contribution < -0.4 is 21.2 Å². The zero-order chi connectivity index (χ0) is 24.3. The summed E-state index contributed by atoms with van der Waals surface area (Å²) in [5.41, 5.74) is 0. The molecule has 0 unspecified atom stereocenters. The predicted molar refractivity (Wildman–Crippen MR) is 159 cm³/mol. The van der Waals surface area contributed by atoms with Gasteiger partial charge in [-0.05, 0) is 21.2 Å². The van der Waals surface area contributed by atoms with Crippen molar-refractivity contribution in [2.24, 2.45) is 7.05 Å². The molecule has 0 fully saturated rings. The average Bonchev–Trinajstić information content (AvgIpc) is 3.35. The highest BCUT2D eigenvalue weighted by Gasteiger charge is 2.46.